The van der Waals surface area contributed by atoms with Gasteiger partial charge in [0.1, 0.15) is 0 Å². The minimum atomic E-state index is -1.10. The van der Waals surface area contributed by atoms with E-state index in [0.29, 0.717) is 24.1 Å². The van der Waals surface area contributed by atoms with Crippen molar-refractivity contribution in [2.75, 3.05) is 0 Å². The molecule has 8 heteroatoms. The van der Waals surface area contributed by atoms with E-state index in [1.165, 1.54) is 4.68 Å². The molecule has 0 bridgehead atoms. The Morgan fingerprint density at radius 3 is 2.85 bits per heavy atom. The number of hydrogen-bond acceptors (Lipinski definition) is 4. The molecule has 0 spiro atoms. The highest BCUT2D eigenvalue weighted by atomic mass is 16.4. The van der Waals surface area contributed by atoms with Crippen molar-refractivity contribution in [2.45, 2.75) is 25.8 Å². The largest absolute Gasteiger partial charge is 0.481 e. The normalized spacial score (nSPS) is 12.8. The van der Waals surface area contributed by atoms with Crippen LogP contribution in [0.3, 0.4) is 0 Å². The fourth-order valence-corrected chi connectivity index (χ4v) is 2.53. The molecule has 8 nitrogen and oxygen atoms in total. The fourth-order valence-electron chi connectivity index (χ4n) is 2.53. The lowest BCUT2D eigenvalue weighted by Crippen LogP contribution is -2.10. The van der Waals surface area contributed by atoms with E-state index in [1.54, 1.807) is 6.20 Å². The number of nitrogens with one attached hydrogen (secondary N) is 1. The molecule has 1 aliphatic carbocycles. The van der Waals surface area contributed by atoms with E-state index in [0.717, 1.165) is 11.3 Å². The molecule has 0 fully saturated rings. The second-order valence-electron chi connectivity index (χ2n) is 4.61. The topological polar surface area (TPSA) is 121 Å². The second kappa shape index (κ2) is 4.48. The number of carboxylic acids is 2. The number of hydrogen-bond donors (Lipinski definition) is 3. The maximum Gasteiger partial charge on any atom is 0.356 e. The zero-order valence-corrected chi connectivity index (χ0v) is 10.5. The van der Waals surface area contributed by atoms with Gasteiger partial charge in [-0.25, -0.2) is 4.79 Å². The summed E-state index contributed by atoms with van der Waals surface area (Å²) >= 11 is 0. The second-order valence-corrected chi connectivity index (χ2v) is 4.61. The van der Waals surface area contributed by atoms with Crippen LogP contribution in [0.1, 0.15) is 28.2 Å². The van der Waals surface area contributed by atoms with E-state index in [2.05, 4.69) is 15.3 Å². The number of fused-ring (bicyclic) bond motifs is 3. The lowest BCUT2D eigenvalue weighted by molar-refractivity contribution is -0.137. The van der Waals surface area contributed by atoms with Crippen LogP contribution >= 0.6 is 0 Å². The number of carbonyl (C=O) groups is 2. The van der Waals surface area contributed by atoms with Crippen molar-refractivity contribution in [2.24, 2.45) is 0 Å². The smallest absolute Gasteiger partial charge is 0.356 e. The monoisotopic (exact) mass is 276 g/mol. The SMILES string of the molecule is O=C(O)CCn1nc(C(=O)O)c2c1-c1cn[nH]c1CC2. The Morgan fingerprint density at radius 2 is 2.15 bits per heavy atom. The first-order valence-electron chi connectivity index (χ1n) is 6.15. The zero-order chi connectivity index (χ0) is 14.3. The number of aromatic amines is 1. The zero-order valence-electron chi connectivity index (χ0n) is 10.5. The van der Waals surface area contributed by atoms with Crippen LogP contribution in [0.25, 0.3) is 11.3 Å². The van der Waals surface area contributed by atoms with Crippen LogP contribution in [0.4, 0.5) is 0 Å². The minimum Gasteiger partial charge on any atom is -0.481 e. The highest BCUT2D eigenvalue weighted by molar-refractivity contribution is 5.90. The molecule has 0 aliphatic heterocycles. The summed E-state index contributed by atoms with van der Waals surface area (Å²) in [7, 11) is 0. The number of H-pyrrole nitrogens is 1. The molecule has 0 amide bonds. The maximum atomic E-state index is 11.3. The van der Waals surface area contributed by atoms with Gasteiger partial charge in [0.15, 0.2) is 5.69 Å². The third-order valence-corrected chi connectivity index (χ3v) is 3.39. The van der Waals surface area contributed by atoms with Crippen LogP contribution in [-0.2, 0) is 24.2 Å². The molecule has 3 rings (SSSR count). The molecule has 2 heterocycles. The van der Waals surface area contributed by atoms with Crippen LogP contribution in [0, 0.1) is 0 Å². The quantitative estimate of drug-likeness (QED) is 0.749. The summed E-state index contributed by atoms with van der Waals surface area (Å²) in [6.45, 7) is 0.134. The standard InChI is InChI=1S/C12H12N4O4/c17-9(18)3-4-16-11-6(10(15-16)12(19)20)1-2-8-7(11)5-13-14-8/h5H,1-4H2,(H,13,14)(H,17,18)(H,19,20). The molecule has 0 unspecified atom stereocenters. The molecule has 2 aromatic heterocycles. The van der Waals surface area contributed by atoms with E-state index in [4.69, 9.17) is 5.11 Å². The lowest BCUT2D eigenvalue weighted by Gasteiger charge is -2.13. The summed E-state index contributed by atoms with van der Waals surface area (Å²) in [5.74, 6) is -2.04. The van der Waals surface area contributed by atoms with Crippen LogP contribution in [-0.4, -0.2) is 42.1 Å². The molecule has 0 saturated carbocycles. The predicted octanol–water partition coefficient (Wildman–Crippen LogP) is 0.545. The van der Waals surface area contributed by atoms with Crippen molar-refractivity contribution in [1.29, 1.82) is 0 Å². The Labute approximate surface area is 113 Å². The van der Waals surface area contributed by atoms with Gasteiger partial charge in [-0.2, -0.15) is 10.2 Å². The van der Waals surface area contributed by atoms with Gasteiger partial charge >= 0.3 is 11.9 Å². The number of aliphatic carboxylic acids is 1. The maximum absolute atomic E-state index is 11.3. The van der Waals surface area contributed by atoms with Gasteiger partial charge in [0, 0.05) is 16.8 Å². The average molecular weight is 276 g/mol. The lowest BCUT2D eigenvalue weighted by atomic mass is 9.94. The van der Waals surface area contributed by atoms with Crippen molar-refractivity contribution in [3.63, 3.8) is 0 Å². The number of carboxylic acid groups (broad SMARTS) is 2. The van der Waals surface area contributed by atoms with E-state index in [9.17, 15) is 14.7 Å². The third kappa shape index (κ3) is 1.85. The van der Waals surface area contributed by atoms with Crippen molar-refractivity contribution < 1.29 is 19.8 Å². The number of nitrogens with zero attached hydrogens (tertiary/aromatic N) is 3. The Kier molecular flexibility index (Phi) is 2.78. The Morgan fingerprint density at radius 1 is 1.35 bits per heavy atom. The molecule has 0 atom stereocenters. The Bertz CT molecular complexity index is 700. The van der Waals surface area contributed by atoms with Gasteiger partial charge in [-0.15, -0.1) is 0 Å². The van der Waals surface area contributed by atoms with Gasteiger partial charge in [-0.3, -0.25) is 14.6 Å². The van der Waals surface area contributed by atoms with Crippen LogP contribution in [0.5, 0.6) is 0 Å². The number of aromatic carboxylic acids is 1. The molecule has 1 aliphatic rings. The highest BCUT2D eigenvalue weighted by Crippen LogP contribution is 2.34. The van der Waals surface area contributed by atoms with Crippen molar-refractivity contribution >= 4 is 11.9 Å². The van der Waals surface area contributed by atoms with Crippen LogP contribution in [0.15, 0.2) is 6.20 Å². The van der Waals surface area contributed by atoms with Gasteiger partial charge in [-0.05, 0) is 12.8 Å². The molecule has 3 N–H and O–H groups in total. The van der Waals surface area contributed by atoms with Gasteiger partial charge in [0.05, 0.1) is 24.9 Å². The first kappa shape index (κ1) is 12.4. The average Bonchev–Trinajstić information content (AvgIpc) is 2.99. The van der Waals surface area contributed by atoms with Gasteiger partial charge in [0.25, 0.3) is 0 Å². The molecular weight excluding hydrogens is 264 g/mol. The molecule has 20 heavy (non-hydrogen) atoms. The Hall–Kier alpha value is -2.64. The molecule has 0 aromatic carbocycles. The van der Waals surface area contributed by atoms with Crippen LogP contribution < -0.4 is 0 Å². The van der Waals surface area contributed by atoms with Crippen molar-refractivity contribution in [3.8, 4) is 11.3 Å². The van der Waals surface area contributed by atoms with Crippen molar-refractivity contribution in [1.82, 2.24) is 20.0 Å². The van der Waals surface area contributed by atoms with Crippen molar-refractivity contribution in [3.05, 3.63) is 23.1 Å². The number of aryl methyl sites for hydroxylation is 2. The van der Waals surface area contributed by atoms with Gasteiger partial charge < -0.3 is 10.2 Å². The first-order chi connectivity index (χ1) is 9.58. The van der Waals surface area contributed by atoms with E-state index in [-0.39, 0.29) is 18.7 Å². The first-order valence-corrected chi connectivity index (χ1v) is 6.15. The minimum absolute atomic E-state index is 0.00256. The molecular formula is C12H12N4O4. The number of aromatic nitrogens is 4. The fraction of sp³-hybridized carbons (Fsp3) is 0.333. The molecule has 0 radical (unpaired) electrons. The summed E-state index contributed by atoms with van der Waals surface area (Å²) < 4.78 is 1.46. The molecule has 0 saturated heterocycles. The highest BCUT2D eigenvalue weighted by Gasteiger charge is 2.29. The van der Waals surface area contributed by atoms with Gasteiger partial charge in [0.2, 0.25) is 0 Å². The van der Waals surface area contributed by atoms with E-state index < -0.39 is 11.9 Å². The number of rotatable bonds is 4. The summed E-state index contributed by atoms with van der Waals surface area (Å²) in [5, 5.41) is 28.9. The summed E-state index contributed by atoms with van der Waals surface area (Å²) in [6, 6.07) is 0. The Balaban J connectivity index is 2.12. The summed E-state index contributed by atoms with van der Waals surface area (Å²) in [6.07, 6.45) is 2.74. The summed E-state index contributed by atoms with van der Waals surface area (Å²) in [4.78, 5) is 22.0. The van der Waals surface area contributed by atoms with Gasteiger partial charge in [-0.1, -0.05) is 0 Å². The third-order valence-electron chi connectivity index (χ3n) is 3.39. The molecule has 104 valence electrons. The summed E-state index contributed by atoms with van der Waals surface area (Å²) in [5.41, 5.74) is 3.04. The predicted molar refractivity (Wildman–Crippen MR) is 66.4 cm³/mol. The van der Waals surface area contributed by atoms with Crippen LogP contribution in [0.2, 0.25) is 0 Å². The van der Waals surface area contributed by atoms with E-state index in [1.807, 2.05) is 0 Å². The molecule has 2 aromatic rings. The van der Waals surface area contributed by atoms with E-state index >= 15 is 0 Å².